The number of hydrogen-bond acceptors (Lipinski definition) is 5. The van der Waals surface area contributed by atoms with E-state index in [4.69, 9.17) is 19.3 Å². The van der Waals surface area contributed by atoms with Crippen LogP contribution in [0.2, 0.25) is 0 Å². The second-order valence-electron chi connectivity index (χ2n) is 10.3. The van der Waals surface area contributed by atoms with Gasteiger partial charge in [-0.2, -0.15) is 0 Å². The number of hydrogen-bond donors (Lipinski definition) is 1. The number of carboxylic acid groups (broad SMARTS) is 1. The Labute approximate surface area is 249 Å². The molecule has 0 fully saturated rings. The molecule has 0 aromatic heterocycles. The van der Waals surface area contributed by atoms with Gasteiger partial charge in [-0.3, -0.25) is 9.59 Å². The van der Waals surface area contributed by atoms with Gasteiger partial charge in [0.15, 0.2) is 0 Å². The molecule has 0 heterocycles. The number of rotatable bonds is 15. The molecule has 0 spiro atoms. The molecule has 1 N–H and O–H groups in total. The topological polar surface area (TPSA) is 82.1 Å². The summed E-state index contributed by atoms with van der Waals surface area (Å²) in [6.07, 6.45) is 7.15. The van der Waals surface area contributed by atoms with Crippen molar-refractivity contribution in [3.05, 3.63) is 83.9 Å². The molecule has 42 heavy (non-hydrogen) atoms. The van der Waals surface area contributed by atoms with Crippen LogP contribution in [0.1, 0.15) is 70.4 Å². The summed E-state index contributed by atoms with van der Waals surface area (Å²) in [6.45, 7) is 8.02. The fourth-order valence-electron chi connectivity index (χ4n) is 4.74. The predicted octanol–water partition coefficient (Wildman–Crippen LogP) is 8.55. The molecule has 0 saturated heterocycles. The number of esters is 1. The van der Waals surface area contributed by atoms with E-state index in [0.717, 1.165) is 70.0 Å². The van der Waals surface area contributed by atoms with Crippen molar-refractivity contribution in [2.75, 3.05) is 19.8 Å². The highest BCUT2D eigenvalue weighted by molar-refractivity contribution is 5.90. The van der Waals surface area contributed by atoms with Gasteiger partial charge in [-0.15, -0.1) is 0 Å². The quantitative estimate of drug-likeness (QED) is 0.114. The molecule has 0 bridgehead atoms. The molecule has 4 aromatic rings. The van der Waals surface area contributed by atoms with E-state index in [1.807, 2.05) is 79.7 Å². The third kappa shape index (κ3) is 10.4. The Morgan fingerprint density at radius 2 is 1.14 bits per heavy atom. The number of carbonyl (C=O) groups excluding carboxylic acids is 1. The van der Waals surface area contributed by atoms with Crippen LogP contribution in [0, 0.1) is 0 Å². The van der Waals surface area contributed by atoms with Gasteiger partial charge in [-0.25, -0.2) is 0 Å². The van der Waals surface area contributed by atoms with Crippen LogP contribution in [0.4, 0.5) is 0 Å². The van der Waals surface area contributed by atoms with E-state index < -0.39 is 5.97 Å². The molecular weight excluding hydrogens is 528 g/mol. The normalized spacial score (nSPS) is 10.6. The van der Waals surface area contributed by atoms with Crippen molar-refractivity contribution in [2.24, 2.45) is 0 Å². The van der Waals surface area contributed by atoms with E-state index in [2.05, 4.69) is 13.8 Å². The van der Waals surface area contributed by atoms with Gasteiger partial charge in [-0.05, 0) is 76.7 Å². The number of unbranched alkanes of at least 4 members (excludes halogenated alkanes) is 4. The van der Waals surface area contributed by atoms with Crippen molar-refractivity contribution < 1.29 is 28.9 Å². The van der Waals surface area contributed by atoms with Gasteiger partial charge in [0.2, 0.25) is 0 Å². The van der Waals surface area contributed by atoms with Gasteiger partial charge in [-0.1, -0.05) is 88.1 Å². The first-order chi connectivity index (χ1) is 20.4. The van der Waals surface area contributed by atoms with Crippen LogP contribution in [-0.2, 0) is 27.2 Å². The van der Waals surface area contributed by atoms with Crippen molar-refractivity contribution >= 4 is 33.5 Å². The summed E-state index contributed by atoms with van der Waals surface area (Å²) in [5.74, 6) is 0.669. The Hall–Kier alpha value is -4.06. The number of benzene rings is 4. The van der Waals surface area contributed by atoms with E-state index in [1.54, 1.807) is 0 Å². The van der Waals surface area contributed by atoms with Gasteiger partial charge in [0.1, 0.15) is 11.5 Å². The molecule has 0 aliphatic heterocycles. The molecular formula is C36H44O6. The first kappa shape index (κ1) is 32.5. The number of carboxylic acids is 1. The zero-order chi connectivity index (χ0) is 30.2. The number of carbonyl (C=O) groups is 2. The lowest BCUT2D eigenvalue weighted by Gasteiger charge is -2.10. The molecule has 224 valence electrons. The molecule has 6 heteroatoms. The maximum absolute atomic E-state index is 11.7. The molecule has 4 aromatic carbocycles. The fraction of sp³-hybridized carbons (Fsp3) is 0.389. The summed E-state index contributed by atoms with van der Waals surface area (Å²) in [6, 6.07) is 23.6. The Morgan fingerprint density at radius 1 is 0.643 bits per heavy atom. The van der Waals surface area contributed by atoms with Crippen molar-refractivity contribution in [1.29, 1.82) is 0 Å². The minimum Gasteiger partial charge on any atom is -0.494 e. The van der Waals surface area contributed by atoms with E-state index in [9.17, 15) is 9.59 Å². The SMILES string of the molecule is CCCCCOc1ccc2cccc(CC(=O)O)c2c1.CCCCCOc1ccc2cccc(CC(=O)OCC)c2c1. The molecule has 0 atom stereocenters. The minimum absolute atomic E-state index is 0.0383. The second kappa shape index (κ2) is 17.7. The van der Waals surface area contributed by atoms with E-state index in [0.29, 0.717) is 19.6 Å². The number of fused-ring (bicyclic) bond motifs is 2. The number of ether oxygens (including phenoxy) is 3. The Balaban J connectivity index is 0.000000231. The Kier molecular flexibility index (Phi) is 13.7. The van der Waals surface area contributed by atoms with E-state index >= 15 is 0 Å². The molecule has 0 aliphatic rings. The standard InChI is InChI=1S/C19H24O3.C17H20O3/c1-3-5-6-12-22-17-11-10-15-8-7-9-16(18(15)14-17)13-19(20)21-4-2;1-2-3-4-10-20-15-9-8-13-6-5-7-14(11-17(18)19)16(13)12-15/h7-11,14H,3-6,12-13H2,1-2H3;5-9,12H,2-4,10-11H2,1H3,(H,18,19). The first-order valence-corrected chi connectivity index (χ1v) is 15.1. The molecule has 0 saturated carbocycles. The smallest absolute Gasteiger partial charge is 0.310 e. The van der Waals surface area contributed by atoms with Gasteiger partial charge in [0.05, 0.1) is 32.7 Å². The van der Waals surface area contributed by atoms with Gasteiger partial charge in [0.25, 0.3) is 0 Å². The molecule has 0 radical (unpaired) electrons. The van der Waals surface area contributed by atoms with Crippen LogP contribution in [0.5, 0.6) is 11.5 Å². The maximum Gasteiger partial charge on any atom is 0.310 e. The zero-order valence-electron chi connectivity index (χ0n) is 25.2. The highest BCUT2D eigenvalue weighted by Gasteiger charge is 2.09. The summed E-state index contributed by atoms with van der Waals surface area (Å²) >= 11 is 0. The average molecular weight is 573 g/mol. The second-order valence-corrected chi connectivity index (χ2v) is 10.3. The third-order valence-corrected chi connectivity index (χ3v) is 6.90. The highest BCUT2D eigenvalue weighted by Crippen LogP contribution is 2.26. The zero-order valence-corrected chi connectivity index (χ0v) is 25.2. The van der Waals surface area contributed by atoms with Crippen LogP contribution in [0.25, 0.3) is 21.5 Å². The highest BCUT2D eigenvalue weighted by atomic mass is 16.5. The Morgan fingerprint density at radius 3 is 1.60 bits per heavy atom. The van der Waals surface area contributed by atoms with Gasteiger partial charge >= 0.3 is 11.9 Å². The van der Waals surface area contributed by atoms with Crippen molar-refractivity contribution in [2.45, 2.75) is 72.1 Å². The lowest BCUT2D eigenvalue weighted by molar-refractivity contribution is -0.142. The van der Waals surface area contributed by atoms with Crippen molar-refractivity contribution in [3.63, 3.8) is 0 Å². The molecule has 0 amide bonds. The number of aliphatic carboxylic acids is 1. The fourth-order valence-corrected chi connectivity index (χ4v) is 4.74. The summed E-state index contributed by atoms with van der Waals surface area (Å²) in [7, 11) is 0. The third-order valence-electron chi connectivity index (χ3n) is 6.90. The maximum atomic E-state index is 11.7. The van der Waals surface area contributed by atoms with Crippen LogP contribution in [0.3, 0.4) is 0 Å². The lowest BCUT2D eigenvalue weighted by Crippen LogP contribution is -2.07. The molecule has 0 aliphatic carbocycles. The van der Waals surface area contributed by atoms with Crippen molar-refractivity contribution in [1.82, 2.24) is 0 Å². The van der Waals surface area contributed by atoms with Crippen molar-refractivity contribution in [3.8, 4) is 11.5 Å². The van der Waals surface area contributed by atoms with E-state index in [1.165, 1.54) is 19.3 Å². The van der Waals surface area contributed by atoms with Gasteiger partial charge in [0, 0.05) is 0 Å². The van der Waals surface area contributed by atoms with Crippen LogP contribution in [-0.4, -0.2) is 36.9 Å². The van der Waals surface area contributed by atoms with Crippen LogP contribution in [0.15, 0.2) is 72.8 Å². The molecule has 0 unspecified atom stereocenters. The largest absolute Gasteiger partial charge is 0.494 e. The summed E-state index contributed by atoms with van der Waals surface area (Å²) in [5.41, 5.74) is 1.81. The molecule has 4 rings (SSSR count). The Bertz CT molecular complexity index is 1430. The summed E-state index contributed by atoms with van der Waals surface area (Å²) in [5, 5.41) is 13.1. The van der Waals surface area contributed by atoms with E-state index in [-0.39, 0.29) is 12.4 Å². The lowest BCUT2D eigenvalue weighted by atomic mass is 10.0. The minimum atomic E-state index is -0.813. The molecule has 6 nitrogen and oxygen atoms in total. The monoisotopic (exact) mass is 572 g/mol. The predicted molar refractivity (Wildman–Crippen MR) is 170 cm³/mol. The summed E-state index contributed by atoms with van der Waals surface area (Å²) in [4.78, 5) is 22.6. The first-order valence-electron chi connectivity index (χ1n) is 15.1. The van der Waals surface area contributed by atoms with Crippen LogP contribution < -0.4 is 9.47 Å². The van der Waals surface area contributed by atoms with Gasteiger partial charge < -0.3 is 19.3 Å². The van der Waals surface area contributed by atoms with Crippen LogP contribution >= 0.6 is 0 Å². The summed E-state index contributed by atoms with van der Waals surface area (Å²) < 4.78 is 16.6. The average Bonchev–Trinajstić information content (AvgIpc) is 2.98.